The first-order valence-corrected chi connectivity index (χ1v) is 7.76. The number of fused-ring (bicyclic) bond motifs is 1. The average molecular weight is 293 g/mol. The van der Waals surface area contributed by atoms with Crippen LogP contribution in [0.25, 0.3) is 0 Å². The molecule has 1 aliphatic heterocycles. The van der Waals surface area contributed by atoms with E-state index in [-0.39, 0.29) is 6.04 Å². The van der Waals surface area contributed by atoms with Gasteiger partial charge in [0.05, 0.1) is 10.7 Å². The Labute approximate surface area is 122 Å². The molecule has 1 aliphatic rings. The summed E-state index contributed by atoms with van der Waals surface area (Å²) in [5, 5.41) is 2.98. The Bertz CT molecular complexity index is 592. The Balaban J connectivity index is 1.88. The molecule has 0 spiro atoms. The summed E-state index contributed by atoms with van der Waals surface area (Å²) >= 11 is 8.27. The van der Waals surface area contributed by atoms with Crippen molar-refractivity contribution in [3.63, 3.8) is 0 Å². The van der Waals surface area contributed by atoms with Crippen LogP contribution >= 0.6 is 22.9 Å². The number of nitrogens with two attached hydrogens (primary N) is 1. The quantitative estimate of drug-likeness (QED) is 0.907. The number of benzene rings is 1. The van der Waals surface area contributed by atoms with E-state index < -0.39 is 0 Å². The Morgan fingerprint density at radius 1 is 1.37 bits per heavy atom. The molecule has 0 bridgehead atoms. The number of thiophene rings is 1. The fourth-order valence-corrected chi connectivity index (χ4v) is 3.72. The third kappa shape index (κ3) is 2.50. The standard InChI is InChI=1S/C15H17ClN2S/c1-10(17)11-2-3-14(13(16)8-11)18-6-4-15-12(9-18)5-7-19-15/h2-3,5,7-8,10H,4,6,9,17H2,1H3/t10-/m1/s1. The van der Waals surface area contributed by atoms with Crippen molar-refractivity contribution in [3.05, 3.63) is 50.7 Å². The summed E-state index contributed by atoms with van der Waals surface area (Å²) in [6.07, 6.45) is 1.11. The summed E-state index contributed by atoms with van der Waals surface area (Å²) in [7, 11) is 0. The third-order valence-electron chi connectivity index (χ3n) is 3.65. The Kier molecular flexibility index (Phi) is 3.52. The summed E-state index contributed by atoms with van der Waals surface area (Å²) in [5.74, 6) is 0. The minimum Gasteiger partial charge on any atom is -0.366 e. The zero-order chi connectivity index (χ0) is 13.4. The van der Waals surface area contributed by atoms with Crippen LogP contribution in [-0.2, 0) is 13.0 Å². The molecular weight excluding hydrogens is 276 g/mol. The fraction of sp³-hybridized carbons (Fsp3) is 0.333. The summed E-state index contributed by atoms with van der Waals surface area (Å²) in [5.41, 5.74) is 9.52. The van der Waals surface area contributed by atoms with Gasteiger partial charge in [-0.25, -0.2) is 0 Å². The molecule has 2 heterocycles. The van der Waals surface area contributed by atoms with Gasteiger partial charge >= 0.3 is 0 Å². The van der Waals surface area contributed by atoms with Gasteiger partial charge in [0, 0.05) is 24.0 Å². The maximum atomic E-state index is 6.41. The van der Waals surface area contributed by atoms with E-state index in [4.69, 9.17) is 17.3 Å². The SMILES string of the molecule is C[C@@H](N)c1ccc(N2CCc3sccc3C2)c(Cl)c1. The number of rotatable bonds is 2. The first kappa shape index (κ1) is 13.0. The van der Waals surface area contributed by atoms with Crippen molar-refractivity contribution in [2.24, 2.45) is 5.73 Å². The third-order valence-corrected chi connectivity index (χ3v) is 4.97. The van der Waals surface area contributed by atoms with Crippen LogP contribution in [0.15, 0.2) is 29.6 Å². The van der Waals surface area contributed by atoms with Crippen LogP contribution in [0.4, 0.5) is 5.69 Å². The average Bonchev–Trinajstić information content (AvgIpc) is 2.85. The van der Waals surface area contributed by atoms with Crippen LogP contribution < -0.4 is 10.6 Å². The normalized spacial score (nSPS) is 16.3. The Morgan fingerprint density at radius 2 is 2.21 bits per heavy atom. The lowest BCUT2D eigenvalue weighted by Crippen LogP contribution is -2.29. The maximum Gasteiger partial charge on any atom is 0.0643 e. The van der Waals surface area contributed by atoms with E-state index >= 15 is 0 Å². The van der Waals surface area contributed by atoms with Crippen molar-refractivity contribution < 1.29 is 0 Å². The highest BCUT2D eigenvalue weighted by molar-refractivity contribution is 7.10. The second kappa shape index (κ2) is 5.16. The van der Waals surface area contributed by atoms with Gasteiger partial charge < -0.3 is 10.6 Å². The zero-order valence-electron chi connectivity index (χ0n) is 10.9. The molecule has 3 rings (SSSR count). The van der Waals surface area contributed by atoms with Crippen LogP contribution in [0.2, 0.25) is 5.02 Å². The van der Waals surface area contributed by atoms with Gasteiger partial charge in [0.15, 0.2) is 0 Å². The number of hydrogen-bond acceptors (Lipinski definition) is 3. The molecule has 1 atom stereocenters. The molecule has 0 saturated heterocycles. The number of nitrogens with zero attached hydrogens (tertiary/aromatic N) is 1. The summed E-state index contributed by atoms with van der Waals surface area (Å²) in [6.45, 7) is 3.96. The lowest BCUT2D eigenvalue weighted by atomic mass is 10.1. The maximum absolute atomic E-state index is 6.41. The number of hydrogen-bond donors (Lipinski definition) is 1. The van der Waals surface area contributed by atoms with Gasteiger partial charge in [-0.1, -0.05) is 17.7 Å². The van der Waals surface area contributed by atoms with Crippen molar-refractivity contribution in [2.45, 2.75) is 25.9 Å². The minimum absolute atomic E-state index is 0.0244. The number of anilines is 1. The second-order valence-corrected chi connectivity index (χ2v) is 6.45. The van der Waals surface area contributed by atoms with Crippen molar-refractivity contribution >= 4 is 28.6 Å². The molecule has 19 heavy (non-hydrogen) atoms. The van der Waals surface area contributed by atoms with Crippen LogP contribution in [0.1, 0.15) is 29.0 Å². The topological polar surface area (TPSA) is 29.3 Å². The molecular formula is C15H17ClN2S. The molecule has 0 unspecified atom stereocenters. The summed E-state index contributed by atoms with van der Waals surface area (Å²) in [6, 6.07) is 8.41. The van der Waals surface area contributed by atoms with Gasteiger partial charge in [-0.3, -0.25) is 0 Å². The van der Waals surface area contributed by atoms with E-state index in [1.54, 1.807) is 0 Å². The van der Waals surface area contributed by atoms with Gasteiger partial charge in [-0.15, -0.1) is 11.3 Å². The van der Waals surface area contributed by atoms with Gasteiger partial charge in [-0.2, -0.15) is 0 Å². The van der Waals surface area contributed by atoms with Crippen molar-refractivity contribution in [1.82, 2.24) is 0 Å². The van der Waals surface area contributed by atoms with E-state index in [1.165, 1.54) is 10.4 Å². The fourth-order valence-electron chi connectivity index (χ4n) is 2.52. The highest BCUT2D eigenvalue weighted by Gasteiger charge is 2.19. The van der Waals surface area contributed by atoms with Crippen molar-refractivity contribution in [3.8, 4) is 0 Å². The van der Waals surface area contributed by atoms with E-state index in [0.717, 1.165) is 35.8 Å². The molecule has 0 aliphatic carbocycles. The Morgan fingerprint density at radius 3 is 2.95 bits per heavy atom. The first-order valence-electron chi connectivity index (χ1n) is 6.50. The lowest BCUT2D eigenvalue weighted by molar-refractivity contribution is 0.742. The molecule has 0 radical (unpaired) electrons. The van der Waals surface area contributed by atoms with E-state index in [9.17, 15) is 0 Å². The Hall–Kier alpha value is -1.03. The summed E-state index contributed by atoms with van der Waals surface area (Å²) in [4.78, 5) is 3.86. The van der Waals surface area contributed by atoms with Crippen LogP contribution in [-0.4, -0.2) is 6.54 Å². The molecule has 2 aromatic rings. The van der Waals surface area contributed by atoms with Gasteiger partial charge in [0.1, 0.15) is 0 Å². The van der Waals surface area contributed by atoms with Crippen LogP contribution in [0.3, 0.4) is 0 Å². The molecule has 1 aromatic carbocycles. The minimum atomic E-state index is 0.0244. The molecule has 2 nitrogen and oxygen atoms in total. The van der Waals surface area contributed by atoms with Gasteiger partial charge in [0.25, 0.3) is 0 Å². The second-order valence-electron chi connectivity index (χ2n) is 5.04. The van der Waals surface area contributed by atoms with Crippen LogP contribution in [0.5, 0.6) is 0 Å². The molecule has 0 amide bonds. The van der Waals surface area contributed by atoms with Gasteiger partial charge in [-0.05, 0) is 48.1 Å². The molecule has 1 aromatic heterocycles. The summed E-state index contributed by atoms with van der Waals surface area (Å²) < 4.78 is 0. The molecule has 0 saturated carbocycles. The van der Waals surface area contributed by atoms with Crippen LogP contribution in [0, 0.1) is 0 Å². The molecule has 4 heteroatoms. The smallest absolute Gasteiger partial charge is 0.0643 e. The van der Waals surface area contributed by atoms with Crippen molar-refractivity contribution in [2.75, 3.05) is 11.4 Å². The van der Waals surface area contributed by atoms with Gasteiger partial charge in [0.2, 0.25) is 0 Å². The lowest BCUT2D eigenvalue weighted by Gasteiger charge is -2.30. The van der Waals surface area contributed by atoms with Crippen molar-refractivity contribution in [1.29, 1.82) is 0 Å². The van der Waals surface area contributed by atoms with E-state index in [0.29, 0.717) is 0 Å². The molecule has 2 N–H and O–H groups in total. The predicted molar refractivity (Wildman–Crippen MR) is 83.1 cm³/mol. The largest absolute Gasteiger partial charge is 0.366 e. The zero-order valence-corrected chi connectivity index (χ0v) is 12.5. The highest BCUT2D eigenvalue weighted by atomic mass is 35.5. The van der Waals surface area contributed by atoms with E-state index in [1.807, 2.05) is 24.3 Å². The molecule has 100 valence electrons. The molecule has 0 fully saturated rings. The highest BCUT2D eigenvalue weighted by Crippen LogP contribution is 2.33. The first-order chi connectivity index (χ1) is 9.15. The monoisotopic (exact) mass is 292 g/mol. The number of halogens is 1. The predicted octanol–water partition coefficient (Wildman–Crippen LogP) is 3.98. The van der Waals surface area contributed by atoms with E-state index in [2.05, 4.69) is 28.5 Å².